The Labute approximate surface area is 156 Å². The van der Waals surface area contributed by atoms with E-state index in [9.17, 15) is 4.79 Å². The van der Waals surface area contributed by atoms with Crippen molar-refractivity contribution >= 4 is 27.0 Å². The SMILES string of the molecule is CCCn1c(=O)c(C)nc2cc(-c3noc(-c4ccc(Br)o4)n3)ccc21. The van der Waals surface area contributed by atoms with E-state index in [2.05, 4.69) is 31.1 Å². The van der Waals surface area contributed by atoms with Gasteiger partial charge in [-0.2, -0.15) is 4.98 Å². The molecule has 26 heavy (non-hydrogen) atoms. The number of fused-ring (bicyclic) bond motifs is 1. The Bertz CT molecular complexity index is 1160. The van der Waals surface area contributed by atoms with Crippen LogP contribution in [-0.4, -0.2) is 19.7 Å². The number of hydrogen-bond acceptors (Lipinski definition) is 6. The van der Waals surface area contributed by atoms with Gasteiger partial charge in [0.25, 0.3) is 11.4 Å². The fraction of sp³-hybridized carbons (Fsp3) is 0.222. The van der Waals surface area contributed by atoms with E-state index in [1.165, 1.54) is 0 Å². The lowest BCUT2D eigenvalue weighted by molar-refractivity contribution is 0.414. The molecule has 0 N–H and O–H groups in total. The first-order valence-electron chi connectivity index (χ1n) is 8.18. The Morgan fingerprint density at radius 2 is 2.04 bits per heavy atom. The molecule has 0 atom stereocenters. The summed E-state index contributed by atoms with van der Waals surface area (Å²) < 4.78 is 13.1. The molecule has 0 aliphatic heterocycles. The van der Waals surface area contributed by atoms with Crippen molar-refractivity contribution in [2.24, 2.45) is 0 Å². The van der Waals surface area contributed by atoms with Crippen LogP contribution in [-0.2, 0) is 6.54 Å². The first kappa shape index (κ1) is 16.7. The van der Waals surface area contributed by atoms with E-state index in [1.807, 2.05) is 25.1 Å². The van der Waals surface area contributed by atoms with E-state index in [0.29, 0.717) is 34.4 Å². The van der Waals surface area contributed by atoms with Gasteiger partial charge in [-0.05, 0) is 59.6 Å². The molecule has 0 spiro atoms. The molecule has 1 aromatic carbocycles. The summed E-state index contributed by atoms with van der Waals surface area (Å²) in [4.78, 5) is 21.1. The Balaban J connectivity index is 1.80. The van der Waals surface area contributed by atoms with Crippen LogP contribution in [0.1, 0.15) is 19.0 Å². The predicted molar refractivity (Wildman–Crippen MR) is 99.7 cm³/mol. The predicted octanol–water partition coefficient (Wildman–Crippen LogP) is 4.19. The Hall–Kier alpha value is -2.74. The van der Waals surface area contributed by atoms with Crippen molar-refractivity contribution in [3.8, 4) is 23.0 Å². The Morgan fingerprint density at radius 1 is 1.19 bits per heavy atom. The molecule has 4 aromatic rings. The molecule has 0 radical (unpaired) electrons. The molecule has 132 valence electrons. The molecule has 0 aliphatic rings. The minimum atomic E-state index is -0.0580. The van der Waals surface area contributed by atoms with E-state index in [1.54, 1.807) is 23.6 Å². The summed E-state index contributed by atoms with van der Waals surface area (Å²) in [6, 6.07) is 9.09. The zero-order valence-electron chi connectivity index (χ0n) is 14.2. The lowest BCUT2D eigenvalue weighted by Gasteiger charge is -2.10. The molecule has 0 amide bonds. The smallest absolute Gasteiger partial charge is 0.293 e. The molecule has 3 aromatic heterocycles. The highest BCUT2D eigenvalue weighted by Crippen LogP contribution is 2.27. The van der Waals surface area contributed by atoms with Crippen LogP contribution in [0.25, 0.3) is 34.1 Å². The number of aryl methyl sites for hydroxylation is 2. The lowest BCUT2D eigenvalue weighted by Crippen LogP contribution is -2.24. The number of halogens is 1. The van der Waals surface area contributed by atoms with Crippen LogP contribution in [0.2, 0.25) is 0 Å². The van der Waals surface area contributed by atoms with Crippen LogP contribution in [0, 0.1) is 6.92 Å². The molecule has 0 saturated carbocycles. The second-order valence-corrected chi connectivity index (χ2v) is 6.67. The van der Waals surface area contributed by atoms with E-state index in [0.717, 1.165) is 23.0 Å². The summed E-state index contributed by atoms with van der Waals surface area (Å²) in [7, 11) is 0. The van der Waals surface area contributed by atoms with Gasteiger partial charge >= 0.3 is 0 Å². The maximum absolute atomic E-state index is 12.3. The van der Waals surface area contributed by atoms with Gasteiger partial charge in [0.05, 0.1) is 11.0 Å². The molecule has 0 aliphatic carbocycles. The maximum atomic E-state index is 12.3. The molecule has 0 bridgehead atoms. The number of hydrogen-bond donors (Lipinski definition) is 0. The van der Waals surface area contributed by atoms with Crippen molar-refractivity contribution < 1.29 is 8.94 Å². The van der Waals surface area contributed by atoms with Crippen molar-refractivity contribution in [2.45, 2.75) is 26.8 Å². The Morgan fingerprint density at radius 3 is 2.77 bits per heavy atom. The van der Waals surface area contributed by atoms with Gasteiger partial charge < -0.3 is 13.5 Å². The minimum absolute atomic E-state index is 0.0580. The summed E-state index contributed by atoms with van der Waals surface area (Å²) in [6.07, 6.45) is 0.868. The average molecular weight is 415 g/mol. The standard InChI is InChI=1S/C18H15BrN4O3/c1-3-8-23-13-5-4-11(9-12(13)20-10(2)18(23)24)16-21-17(26-22-16)14-6-7-15(19)25-14/h4-7,9H,3,8H2,1-2H3. The fourth-order valence-corrected chi connectivity index (χ4v) is 3.14. The van der Waals surface area contributed by atoms with E-state index >= 15 is 0 Å². The van der Waals surface area contributed by atoms with Gasteiger partial charge in [-0.25, -0.2) is 4.98 Å². The normalized spacial score (nSPS) is 11.3. The molecule has 0 fully saturated rings. The zero-order valence-corrected chi connectivity index (χ0v) is 15.8. The van der Waals surface area contributed by atoms with Crippen LogP contribution < -0.4 is 5.56 Å². The van der Waals surface area contributed by atoms with Crippen LogP contribution >= 0.6 is 15.9 Å². The maximum Gasteiger partial charge on any atom is 0.293 e. The minimum Gasteiger partial charge on any atom is -0.444 e. The largest absolute Gasteiger partial charge is 0.444 e. The molecule has 4 rings (SSSR count). The molecule has 7 nitrogen and oxygen atoms in total. The summed E-state index contributed by atoms with van der Waals surface area (Å²) in [5.74, 6) is 1.22. The van der Waals surface area contributed by atoms with Gasteiger partial charge in [0, 0.05) is 12.1 Å². The molecular formula is C18H15BrN4O3. The second kappa shape index (κ2) is 6.53. The van der Waals surface area contributed by atoms with Crippen LogP contribution in [0.4, 0.5) is 0 Å². The van der Waals surface area contributed by atoms with Crippen molar-refractivity contribution in [2.75, 3.05) is 0 Å². The first-order chi connectivity index (χ1) is 12.6. The van der Waals surface area contributed by atoms with Gasteiger partial charge in [0.15, 0.2) is 10.4 Å². The summed E-state index contributed by atoms with van der Waals surface area (Å²) in [6.45, 7) is 4.41. The summed E-state index contributed by atoms with van der Waals surface area (Å²) in [5, 5.41) is 4.02. The quantitative estimate of drug-likeness (QED) is 0.497. The highest BCUT2D eigenvalue weighted by Gasteiger charge is 2.15. The molecule has 0 unspecified atom stereocenters. The Kier molecular flexibility index (Phi) is 4.20. The van der Waals surface area contributed by atoms with E-state index < -0.39 is 0 Å². The van der Waals surface area contributed by atoms with Crippen molar-refractivity contribution in [3.63, 3.8) is 0 Å². The number of aromatic nitrogens is 4. The van der Waals surface area contributed by atoms with Crippen molar-refractivity contribution in [1.29, 1.82) is 0 Å². The number of furan rings is 1. The highest BCUT2D eigenvalue weighted by molar-refractivity contribution is 9.10. The number of rotatable bonds is 4. The molecule has 0 saturated heterocycles. The summed E-state index contributed by atoms with van der Waals surface area (Å²) in [5.41, 5.74) is 2.69. The number of benzene rings is 1. The van der Waals surface area contributed by atoms with Gasteiger partial charge in [-0.1, -0.05) is 12.1 Å². The molecular weight excluding hydrogens is 400 g/mol. The van der Waals surface area contributed by atoms with E-state index in [-0.39, 0.29) is 5.56 Å². The monoisotopic (exact) mass is 414 g/mol. The third kappa shape index (κ3) is 2.86. The van der Waals surface area contributed by atoms with Gasteiger partial charge in [-0.3, -0.25) is 4.79 Å². The third-order valence-corrected chi connectivity index (χ3v) is 4.45. The first-order valence-corrected chi connectivity index (χ1v) is 8.97. The topological polar surface area (TPSA) is 87.0 Å². The molecule has 8 heteroatoms. The van der Waals surface area contributed by atoms with Crippen LogP contribution in [0.3, 0.4) is 0 Å². The number of nitrogens with zero attached hydrogens (tertiary/aromatic N) is 4. The fourth-order valence-electron chi connectivity index (χ4n) is 2.83. The van der Waals surface area contributed by atoms with Crippen molar-refractivity contribution in [1.82, 2.24) is 19.7 Å². The van der Waals surface area contributed by atoms with E-state index in [4.69, 9.17) is 8.94 Å². The summed E-state index contributed by atoms with van der Waals surface area (Å²) >= 11 is 3.25. The lowest BCUT2D eigenvalue weighted by atomic mass is 10.1. The van der Waals surface area contributed by atoms with Crippen LogP contribution in [0.5, 0.6) is 0 Å². The average Bonchev–Trinajstić information content (AvgIpc) is 3.27. The van der Waals surface area contributed by atoms with Gasteiger partial charge in [0.1, 0.15) is 5.69 Å². The van der Waals surface area contributed by atoms with Gasteiger partial charge in [-0.15, -0.1) is 0 Å². The second-order valence-electron chi connectivity index (χ2n) is 5.88. The third-order valence-electron chi connectivity index (χ3n) is 4.02. The van der Waals surface area contributed by atoms with Crippen molar-refractivity contribution in [3.05, 3.63) is 51.0 Å². The van der Waals surface area contributed by atoms with Gasteiger partial charge in [0.2, 0.25) is 5.82 Å². The highest BCUT2D eigenvalue weighted by atomic mass is 79.9. The molecule has 3 heterocycles. The zero-order chi connectivity index (χ0) is 18.3. The van der Waals surface area contributed by atoms with Crippen LogP contribution in [0.15, 0.2) is 48.7 Å².